The van der Waals surface area contributed by atoms with Gasteiger partial charge in [0.1, 0.15) is 10.9 Å². The molecule has 0 aromatic carbocycles. The molecule has 1 heterocycles. The van der Waals surface area contributed by atoms with Gasteiger partial charge in [-0.2, -0.15) is 0 Å². The topological polar surface area (TPSA) is 92.2 Å². The first-order valence-corrected chi connectivity index (χ1v) is 6.47. The lowest BCUT2D eigenvalue weighted by Gasteiger charge is -2.17. The number of carbonyl (C=O) groups is 2. The summed E-state index contributed by atoms with van der Waals surface area (Å²) < 4.78 is 3.74. The smallest absolute Gasteiger partial charge is 0.326 e. The van der Waals surface area contributed by atoms with Crippen molar-refractivity contribution in [3.8, 4) is 0 Å². The van der Waals surface area contributed by atoms with Crippen molar-refractivity contribution in [3.63, 3.8) is 0 Å². The van der Waals surface area contributed by atoms with E-state index < -0.39 is 17.9 Å². The number of nitrogens with one attached hydrogen (secondary N) is 1. The first-order valence-electron chi connectivity index (χ1n) is 5.70. The SMILES string of the molecule is CC(C)c1nnsc1C(=O)N[C@@H](C(=O)O)C(C)C. The van der Waals surface area contributed by atoms with Crippen LogP contribution in [0.5, 0.6) is 0 Å². The zero-order valence-electron chi connectivity index (χ0n) is 10.8. The molecule has 1 atom stereocenters. The number of aliphatic carboxylic acids is 1. The zero-order chi connectivity index (χ0) is 13.9. The van der Waals surface area contributed by atoms with Crippen LogP contribution >= 0.6 is 11.5 Å². The van der Waals surface area contributed by atoms with E-state index in [2.05, 4.69) is 14.9 Å². The minimum Gasteiger partial charge on any atom is -0.480 e. The van der Waals surface area contributed by atoms with Crippen LogP contribution in [0.2, 0.25) is 0 Å². The van der Waals surface area contributed by atoms with Crippen molar-refractivity contribution in [2.24, 2.45) is 5.92 Å². The fourth-order valence-corrected chi connectivity index (χ4v) is 2.18. The summed E-state index contributed by atoms with van der Waals surface area (Å²) in [5, 5.41) is 15.4. The molecule has 1 amide bonds. The molecule has 0 bridgehead atoms. The first-order chi connectivity index (χ1) is 8.34. The van der Waals surface area contributed by atoms with Crippen LogP contribution in [0, 0.1) is 5.92 Å². The Hall–Kier alpha value is -1.50. The van der Waals surface area contributed by atoms with E-state index in [1.165, 1.54) is 0 Å². The minimum atomic E-state index is -1.04. The molecule has 100 valence electrons. The van der Waals surface area contributed by atoms with Gasteiger partial charge in [-0.05, 0) is 23.4 Å². The van der Waals surface area contributed by atoms with Crippen molar-refractivity contribution in [2.45, 2.75) is 39.7 Å². The summed E-state index contributed by atoms with van der Waals surface area (Å²) in [7, 11) is 0. The van der Waals surface area contributed by atoms with Gasteiger partial charge in [0.15, 0.2) is 0 Å². The van der Waals surface area contributed by atoms with Crippen LogP contribution in [0.15, 0.2) is 0 Å². The second-order valence-electron chi connectivity index (χ2n) is 4.68. The molecule has 1 rings (SSSR count). The Labute approximate surface area is 110 Å². The molecule has 0 aliphatic rings. The van der Waals surface area contributed by atoms with Gasteiger partial charge in [-0.1, -0.05) is 32.2 Å². The van der Waals surface area contributed by atoms with Gasteiger partial charge in [-0.3, -0.25) is 4.79 Å². The lowest BCUT2D eigenvalue weighted by atomic mass is 10.0. The first kappa shape index (κ1) is 14.6. The number of hydrogen-bond acceptors (Lipinski definition) is 5. The summed E-state index contributed by atoms with van der Waals surface area (Å²) >= 11 is 0.985. The van der Waals surface area contributed by atoms with Crippen LogP contribution in [-0.2, 0) is 4.79 Å². The molecule has 0 fully saturated rings. The van der Waals surface area contributed by atoms with Crippen molar-refractivity contribution in [2.75, 3.05) is 0 Å². The number of amides is 1. The molecule has 0 spiro atoms. The Morgan fingerprint density at radius 1 is 1.28 bits per heavy atom. The lowest BCUT2D eigenvalue weighted by molar-refractivity contribution is -0.140. The largest absolute Gasteiger partial charge is 0.480 e. The number of carboxylic acids is 1. The van der Waals surface area contributed by atoms with E-state index in [9.17, 15) is 9.59 Å². The predicted octanol–water partition coefficient (Wildman–Crippen LogP) is 1.50. The van der Waals surface area contributed by atoms with Crippen molar-refractivity contribution in [3.05, 3.63) is 10.6 Å². The highest BCUT2D eigenvalue weighted by Crippen LogP contribution is 2.19. The highest BCUT2D eigenvalue weighted by molar-refractivity contribution is 7.08. The molecule has 6 nitrogen and oxygen atoms in total. The van der Waals surface area contributed by atoms with Crippen molar-refractivity contribution >= 4 is 23.4 Å². The number of hydrogen-bond donors (Lipinski definition) is 2. The van der Waals surface area contributed by atoms with Gasteiger partial charge in [0.05, 0.1) is 5.69 Å². The quantitative estimate of drug-likeness (QED) is 0.846. The monoisotopic (exact) mass is 271 g/mol. The van der Waals surface area contributed by atoms with E-state index in [-0.39, 0.29) is 11.8 Å². The third-order valence-electron chi connectivity index (χ3n) is 2.49. The molecule has 1 aromatic rings. The van der Waals surface area contributed by atoms with Crippen LogP contribution in [0.4, 0.5) is 0 Å². The second-order valence-corrected chi connectivity index (χ2v) is 5.43. The average Bonchev–Trinajstić information content (AvgIpc) is 2.73. The van der Waals surface area contributed by atoms with Crippen LogP contribution in [0.1, 0.15) is 49.0 Å². The molecule has 7 heteroatoms. The summed E-state index contributed by atoms with van der Waals surface area (Å²) in [6.07, 6.45) is 0. The predicted molar refractivity (Wildman–Crippen MR) is 67.7 cm³/mol. The van der Waals surface area contributed by atoms with E-state index in [1.807, 2.05) is 13.8 Å². The molecule has 0 aliphatic carbocycles. The van der Waals surface area contributed by atoms with Crippen LogP contribution in [-0.4, -0.2) is 32.6 Å². The number of aromatic nitrogens is 2. The third-order valence-corrected chi connectivity index (χ3v) is 3.23. The van der Waals surface area contributed by atoms with Gasteiger partial charge in [0.25, 0.3) is 5.91 Å². The van der Waals surface area contributed by atoms with Crippen molar-refractivity contribution < 1.29 is 14.7 Å². The molecule has 0 aliphatic heterocycles. The molecule has 0 saturated carbocycles. The Balaban J connectivity index is 2.87. The molecule has 1 aromatic heterocycles. The van der Waals surface area contributed by atoms with Crippen molar-refractivity contribution in [1.29, 1.82) is 0 Å². The molecule has 2 N–H and O–H groups in total. The maximum atomic E-state index is 12.0. The summed E-state index contributed by atoms with van der Waals surface area (Å²) in [5.74, 6) is -1.57. The second kappa shape index (κ2) is 5.90. The number of nitrogens with zero attached hydrogens (tertiary/aromatic N) is 2. The van der Waals surface area contributed by atoms with Crippen LogP contribution < -0.4 is 5.32 Å². The van der Waals surface area contributed by atoms with Gasteiger partial charge < -0.3 is 10.4 Å². The fourth-order valence-electron chi connectivity index (χ4n) is 1.45. The fraction of sp³-hybridized carbons (Fsp3) is 0.636. The van der Waals surface area contributed by atoms with Gasteiger partial charge in [-0.25, -0.2) is 4.79 Å². The number of carboxylic acid groups (broad SMARTS) is 1. The highest BCUT2D eigenvalue weighted by atomic mass is 32.1. The Kier molecular flexibility index (Phi) is 4.77. The zero-order valence-corrected chi connectivity index (χ0v) is 11.6. The summed E-state index contributed by atoms with van der Waals surface area (Å²) in [6, 6.07) is -0.903. The van der Waals surface area contributed by atoms with E-state index >= 15 is 0 Å². The van der Waals surface area contributed by atoms with E-state index in [0.29, 0.717) is 10.6 Å². The van der Waals surface area contributed by atoms with Gasteiger partial charge in [-0.15, -0.1) is 5.10 Å². The molecule has 18 heavy (non-hydrogen) atoms. The molecule has 0 radical (unpaired) electrons. The Morgan fingerprint density at radius 3 is 2.33 bits per heavy atom. The van der Waals surface area contributed by atoms with Crippen molar-refractivity contribution in [1.82, 2.24) is 14.9 Å². The standard InChI is InChI=1S/C11H17N3O3S/c1-5(2)7-9(18-14-13-7)10(15)12-8(6(3)4)11(16)17/h5-6,8H,1-4H3,(H,12,15)(H,16,17)/t8-/m1/s1. The average molecular weight is 271 g/mol. The Morgan fingerprint density at radius 2 is 1.89 bits per heavy atom. The minimum absolute atomic E-state index is 0.0758. The van der Waals surface area contributed by atoms with Crippen LogP contribution in [0.3, 0.4) is 0 Å². The number of rotatable bonds is 5. The van der Waals surface area contributed by atoms with Gasteiger partial charge in [0.2, 0.25) is 0 Å². The maximum Gasteiger partial charge on any atom is 0.326 e. The third kappa shape index (κ3) is 3.25. The number of carbonyl (C=O) groups excluding carboxylic acids is 1. The summed E-state index contributed by atoms with van der Waals surface area (Å²) in [6.45, 7) is 7.30. The normalized spacial score (nSPS) is 12.8. The molecule has 0 unspecified atom stereocenters. The van der Waals surface area contributed by atoms with Crippen LogP contribution in [0.25, 0.3) is 0 Å². The maximum absolute atomic E-state index is 12.0. The summed E-state index contributed by atoms with van der Waals surface area (Å²) in [5.41, 5.74) is 0.602. The Bertz CT molecular complexity index is 442. The van der Waals surface area contributed by atoms with E-state index in [1.54, 1.807) is 13.8 Å². The highest BCUT2D eigenvalue weighted by Gasteiger charge is 2.26. The lowest BCUT2D eigenvalue weighted by Crippen LogP contribution is -2.44. The van der Waals surface area contributed by atoms with E-state index in [0.717, 1.165) is 11.5 Å². The summed E-state index contributed by atoms with van der Waals surface area (Å²) in [4.78, 5) is 23.4. The van der Waals surface area contributed by atoms with Gasteiger partial charge in [0, 0.05) is 0 Å². The van der Waals surface area contributed by atoms with E-state index in [4.69, 9.17) is 5.11 Å². The molecular formula is C11H17N3O3S. The molecule has 0 saturated heterocycles. The molecular weight excluding hydrogens is 254 g/mol. The van der Waals surface area contributed by atoms with Gasteiger partial charge >= 0.3 is 5.97 Å².